The summed E-state index contributed by atoms with van der Waals surface area (Å²) in [6.07, 6.45) is 10.1. The Morgan fingerprint density at radius 3 is 2.67 bits per heavy atom. The molecule has 0 radical (unpaired) electrons. The summed E-state index contributed by atoms with van der Waals surface area (Å²) < 4.78 is 0. The predicted molar refractivity (Wildman–Crippen MR) is 60.2 cm³/mol. The van der Waals surface area contributed by atoms with Crippen LogP contribution in [0.1, 0.15) is 64.7 Å². The average Bonchev–Trinajstić information content (AvgIpc) is 2.74. The zero-order valence-corrected chi connectivity index (χ0v) is 9.76. The van der Waals surface area contributed by atoms with Crippen molar-refractivity contribution in [1.82, 2.24) is 5.48 Å². The number of nitrogens with one attached hydrogen (secondary N) is 1. The van der Waals surface area contributed by atoms with Crippen molar-refractivity contribution in [2.45, 2.75) is 70.8 Å². The van der Waals surface area contributed by atoms with E-state index >= 15 is 0 Å². The molecule has 0 bridgehead atoms. The summed E-state index contributed by atoms with van der Waals surface area (Å²) in [6, 6.07) is 0. The van der Waals surface area contributed by atoms with E-state index < -0.39 is 0 Å². The van der Waals surface area contributed by atoms with Gasteiger partial charge in [-0.3, -0.25) is 9.63 Å². The van der Waals surface area contributed by atoms with Gasteiger partial charge in [0.25, 0.3) is 0 Å². The molecule has 1 fully saturated rings. The number of carbonyl (C=O) groups excluding carboxylic acids is 1. The van der Waals surface area contributed by atoms with Gasteiger partial charge in [-0.05, 0) is 19.3 Å². The Morgan fingerprint density at radius 1 is 1.27 bits per heavy atom. The van der Waals surface area contributed by atoms with Crippen molar-refractivity contribution in [2.75, 3.05) is 0 Å². The quantitative estimate of drug-likeness (QED) is 0.521. The van der Waals surface area contributed by atoms with Crippen molar-refractivity contribution in [3.8, 4) is 0 Å². The molecule has 1 rings (SSSR count). The minimum absolute atomic E-state index is 0.0398. The predicted octanol–water partition coefficient (Wildman–Crippen LogP) is 2.95. The number of hydrogen-bond donors (Lipinski definition) is 1. The first-order chi connectivity index (χ1) is 7.33. The van der Waals surface area contributed by atoms with Crippen molar-refractivity contribution in [2.24, 2.45) is 0 Å². The van der Waals surface area contributed by atoms with Gasteiger partial charge in [0.2, 0.25) is 5.91 Å². The molecule has 0 spiro atoms. The van der Waals surface area contributed by atoms with Gasteiger partial charge < -0.3 is 0 Å². The third-order valence-corrected chi connectivity index (χ3v) is 2.90. The highest BCUT2D eigenvalue weighted by atomic mass is 16.7. The molecule has 1 N–H and O–H groups in total. The summed E-state index contributed by atoms with van der Waals surface area (Å²) in [5.41, 5.74) is 2.56. The monoisotopic (exact) mass is 213 g/mol. The van der Waals surface area contributed by atoms with Gasteiger partial charge >= 0.3 is 0 Å². The van der Waals surface area contributed by atoms with Crippen LogP contribution in [0.2, 0.25) is 0 Å². The minimum Gasteiger partial charge on any atom is -0.273 e. The lowest BCUT2D eigenvalue weighted by Crippen LogP contribution is -2.27. The molecule has 0 heterocycles. The Morgan fingerprint density at radius 2 is 2.00 bits per heavy atom. The SMILES string of the molecule is CCCCCCC(=O)NOC1CCCC1. The molecule has 0 atom stereocenters. The highest BCUT2D eigenvalue weighted by molar-refractivity contribution is 5.74. The average molecular weight is 213 g/mol. The molecule has 0 saturated heterocycles. The molecule has 3 heteroatoms. The van der Waals surface area contributed by atoms with Crippen LogP contribution in [-0.4, -0.2) is 12.0 Å². The van der Waals surface area contributed by atoms with Crippen molar-refractivity contribution in [1.29, 1.82) is 0 Å². The van der Waals surface area contributed by atoms with Gasteiger partial charge in [-0.25, -0.2) is 5.48 Å². The van der Waals surface area contributed by atoms with Crippen molar-refractivity contribution < 1.29 is 9.63 Å². The number of rotatable bonds is 7. The second-order valence-corrected chi connectivity index (χ2v) is 4.36. The van der Waals surface area contributed by atoms with E-state index in [4.69, 9.17) is 4.84 Å². The summed E-state index contributed by atoms with van der Waals surface area (Å²) in [5, 5.41) is 0. The number of hydrogen-bond acceptors (Lipinski definition) is 2. The highest BCUT2D eigenvalue weighted by Crippen LogP contribution is 2.19. The van der Waals surface area contributed by atoms with Crippen LogP contribution in [0.3, 0.4) is 0 Å². The maximum atomic E-state index is 11.3. The van der Waals surface area contributed by atoms with Crippen molar-refractivity contribution in [3.05, 3.63) is 0 Å². The molecule has 1 amide bonds. The van der Waals surface area contributed by atoms with Crippen LogP contribution in [0, 0.1) is 0 Å². The molecule has 1 aliphatic rings. The minimum atomic E-state index is 0.0398. The van der Waals surface area contributed by atoms with E-state index in [1.165, 1.54) is 25.7 Å². The number of unbranched alkanes of at least 4 members (excludes halogenated alkanes) is 3. The molecule has 0 aliphatic heterocycles. The summed E-state index contributed by atoms with van der Waals surface area (Å²) in [6.45, 7) is 2.17. The Balaban J connectivity index is 1.93. The summed E-state index contributed by atoms with van der Waals surface area (Å²) >= 11 is 0. The molecule has 0 aromatic rings. The van der Waals surface area contributed by atoms with Crippen LogP contribution in [0.15, 0.2) is 0 Å². The van der Waals surface area contributed by atoms with E-state index in [1.807, 2.05) is 0 Å². The topological polar surface area (TPSA) is 38.3 Å². The fourth-order valence-corrected chi connectivity index (χ4v) is 1.92. The molecular weight excluding hydrogens is 190 g/mol. The van der Waals surface area contributed by atoms with Crippen LogP contribution in [0.4, 0.5) is 0 Å². The standard InChI is InChI=1S/C12H23NO2/c1-2-3-4-5-10-12(14)13-15-11-8-6-7-9-11/h11H,2-10H2,1H3,(H,13,14). The number of amides is 1. The van der Waals surface area contributed by atoms with Gasteiger partial charge in [-0.2, -0.15) is 0 Å². The van der Waals surface area contributed by atoms with Gasteiger partial charge in [0, 0.05) is 6.42 Å². The molecule has 15 heavy (non-hydrogen) atoms. The van der Waals surface area contributed by atoms with Gasteiger partial charge in [0.1, 0.15) is 0 Å². The second kappa shape index (κ2) is 7.69. The van der Waals surface area contributed by atoms with Crippen LogP contribution < -0.4 is 5.48 Å². The van der Waals surface area contributed by atoms with E-state index in [-0.39, 0.29) is 12.0 Å². The summed E-state index contributed by atoms with van der Waals surface area (Å²) in [5.74, 6) is 0.0398. The lowest BCUT2D eigenvalue weighted by molar-refractivity contribution is -0.138. The van der Waals surface area contributed by atoms with E-state index in [2.05, 4.69) is 12.4 Å². The van der Waals surface area contributed by atoms with Crippen LogP contribution in [-0.2, 0) is 9.63 Å². The summed E-state index contributed by atoms with van der Waals surface area (Å²) in [7, 11) is 0. The number of hydroxylamine groups is 1. The van der Waals surface area contributed by atoms with E-state index in [0.717, 1.165) is 25.7 Å². The Hall–Kier alpha value is -0.570. The van der Waals surface area contributed by atoms with E-state index in [9.17, 15) is 4.79 Å². The Kier molecular flexibility index (Phi) is 6.41. The van der Waals surface area contributed by atoms with Crippen LogP contribution in [0.5, 0.6) is 0 Å². The van der Waals surface area contributed by atoms with E-state index in [1.54, 1.807) is 0 Å². The fraction of sp³-hybridized carbons (Fsp3) is 0.917. The fourth-order valence-electron chi connectivity index (χ4n) is 1.92. The zero-order chi connectivity index (χ0) is 10.9. The molecule has 3 nitrogen and oxygen atoms in total. The Labute approximate surface area is 92.5 Å². The molecule has 1 saturated carbocycles. The van der Waals surface area contributed by atoms with Gasteiger partial charge in [-0.15, -0.1) is 0 Å². The highest BCUT2D eigenvalue weighted by Gasteiger charge is 2.16. The van der Waals surface area contributed by atoms with Crippen LogP contribution >= 0.6 is 0 Å². The lowest BCUT2D eigenvalue weighted by Gasteiger charge is -2.10. The number of carbonyl (C=O) groups is 1. The van der Waals surface area contributed by atoms with E-state index in [0.29, 0.717) is 6.42 Å². The van der Waals surface area contributed by atoms with Gasteiger partial charge in [0.15, 0.2) is 0 Å². The maximum absolute atomic E-state index is 11.3. The molecular formula is C12H23NO2. The Bertz CT molecular complexity index is 176. The first-order valence-corrected chi connectivity index (χ1v) is 6.27. The maximum Gasteiger partial charge on any atom is 0.243 e. The zero-order valence-electron chi connectivity index (χ0n) is 9.76. The normalized spacial score (nSPS) is 16.9. The lowest BCUT2D eigenvalue weighted by atomic mass is 10.1. The van der Waals surface area contributed by atoms with Crippen LogP contribution in [0.25, 0.3) is 0 Å². The van der Waals surface area contributed by atoms with Gasteiger partial charge in [-0.1, -0.05) is 39.0 Å². The van der Waals surface area contributed by atoms with Crippen molar-refractivity contribution >= 4 is 5.91 Å². The third-order valence-electron chi connectivity index (χ3n) is 2.90. The second-order valence-electron chi connectivity index (χ2n) is 4.36. The third kappa shape index (κ3) is 5.78. The first kappa shape index (κ1) is 12.5. The molecule has 88 valence electrons. The first-order valence-electron chi connectivity index (χ1n) is 6.27. The summed E-state index contributed by atoms with van der Waals surface area (Å²) in [4.78, 5) is 16.6. The molecule has 0 aromatic heterocycles. The molecule has 0 unspecified atom stereocenters. The molecule has 1 aliphatic carbocycles. The molecule has 0 aromatic carbocycles. The van der Waals surface area contributed by atoms with Gasteiger partial charge in [0.05, 0.1) is 6.10 Å². The van der Waals surface area contributed by atoms with Crippen molar-refractivity contribution in [3.63, 3.8) is 0 Å². The smallest absolute Gasteiger partial charge is 0.243 e. The largest absolute Gasteiger partial charge is 0.273 e.